The number of nitrogens with one attached hydrogen (secondary N) is 2. The van der Waals surface area contributed by atoms with E-state index in [0.717, 1.165) is 12.8 Å². The Balaban J connectivity index is 1.79. The van der Waals surface area contributed by atoms with E-state index in [1.54, 1.807) is 16.2 Å². The molecule has 0 radical (unpaired) electrons. The largest absolute Gasteiger partial charge is 0.326 e. The van der Waals surface area contributed by atoms with Gasteiger partial charge in [-0.25, -0.2) is 9.18 Å². The number of nitrogens with zero attached hydrogens (tertiary/aromatic N) is 1. The summed E-state index contributed by atoms with van der Waals surface area (Å²) in [6, 6.07) is 5.84. The van der Waals surface area contributed by atoms with Crippen LogP contribution in [0, 0.1) is 5.82 Å². The summed E-state index contributed by atoms with van der Waals surface area (Å²) in [4.78, 5) is 26.9. The van der Waals surface area contributed by atoms with Crippen molar-refractivity contribution in [2.75, 3.05) is 17.2 Å². The number of carbonyl (C=O) groups excluding carboxylic acids is 2. The topological polar surface area (TPSA) is 61.4 Å². The standard InChI is InChI=1S/C18H20FN3O2S/c1-3-16-13-7-9-25-17(13)6-8-22(16)18(24)21-15-10-12(20-11(2)23)4-5-14(15)19/h4-5,7,9-10,16H,3,6,8H2,1-2H3,(H,20,23)(H,21,24). The first-order chi connectivity index (χ1) is 12.0. The number of thiophene rings is 1. The monoisotopic (exact) mass is 361 g/mol. The Kier molecular flexibility index (Phi) is 5.03. The van der Waals surface area contributed by atoms with Crippen LogP contribution in [0.2, 0.25) is 0 Å². The molecule has 0 saturated heterocycles. The summed E-state index contributed by atoms with van der Waals surface area (Å²) in [6.07, 6.45) is 1.61. The molecule has 3 rings (SSSR count). The normalized spacial score (nSPS) is 16.3. The van der Waals surface area contributed by atoms with Crippen molar-refractivity contribution in [1.82, 2.24) is 4.90 Å². The summed E-state index contributed by atoms with van der Waals surface area (Å²) in [6.45, 7) is 4.01. The molecule has 0 bridgehead atoms. The number of fused-ring (bicyclic) bond motifs is 1. The zero-order valence-electron chi connectivity index (χ0n) is 14.1. The third-order valence-corrected chi connectivity index (χ3v) is 5.27. The molecule has 7 heteroatoms. The zero-order valence-corrected chi connectivity index (χ0v) is 15.0. The molecule has 2 N–H and O–H groups in total. The van der Waals surface area contributed by atoms with E-state index in [0.29, 0.717) is 12.2 Å². The Morgan fingerprint density at radius 3 is 2.84 bits per heavy atom. The molecule has 1 aromatic heterocycles. The van der Waals surface area contributed by atoms with Gasteiger partial charge in [-0.1, -0.05) is 6.92 Å². The van der Waals surface area contributed by atoms with Crippen LogP contribution in [0.15, 0.2) is 29.6 Å². The molecular formula is C18H20FN3O2S. The van der Waals surface area contributed by atoms with Crippen LogP contribution in [-0.2, 0) is 11.2 Å². The van der Waals surface area contributed by atoms with E-state index in [1.165, 1.54) is 35.6 Å². The molecular weight excluding hydrogens is 341 g/mol. The van der Waals surface area contributed by atoms with Crippen LogP contribution in [0.3, 0.4) is 0 Å². The van der Waals surface area contributed by atoms with Crippen molar-refractivity contribution in [1.29, 1.82) is 0 Å². The number of halogens is 1. The fourth-order valence-electron chi connectivity index (χ4n) is 3.17. The van der Waals surface area contributed by atoms with Crippen molar-refractivity contribution < 1.29 is 14.0 Å². The van der Waals surface area contributed by atoms with Gasteiger partial charge in [0.05, 0.1) is 11.7 Å². The van der Waals surface area contributed by atoms with Crippen LogP contribution < -0.4 is 10.6 Å². The van der Waals surface area contributed by atoms with Crippen LogP contribution in [0.1, 0.15) is 36.8 Å². The van der Waals surface area contributed by atoms with Crippen molar-refractivity contribution in [2.24, 2.45) is 0 Å². The second-order valence-electron chi connectivity index (χ2n) is 5.97. The smallest absolute Gasteiger partial charge is 0.322 e. The number of hydrogen-bond donors (Lipinski definition) is 2. The van der Waals surface area contributed by atoms with Gasteiger partial charge in [0.2, 0.25) is 5.91 Å². The maximum atomic E-state index is 14.1. The molecule has 0 spiro atoms. The summed E-state index contributed by atoms with van der Waals surface area (Å²) in [7, 11) is 0. The first-order valence-electron chi connectivity index (χ1n) is 8.20. The molecule has 2 heterocycles. The minimum Gasteiger partial charge on any atom is -0.326 e. The minimum atomic E-state index is -0.538. The zero-order chi connectivity index (χ0) is 18.0. The number of anilines is 2. The molecule has 3 amide bonds. The lowest BCUT2D eigenvalue weighted by molar-refractivity contribution is -0.114. The van der Waals surface area contributed by atoms with Crippen molar-refractivity contribution >= 4 is 34.6 Å². The van der Waals surface area contributed by atoms with E-state index in [1.807, 2.05) is 12.3 Å². The molecule has 1 aliphatic rings. The third kappa shape index (κ3) is 3.66. The molecule has 1 aliphatic heterocycles. The average molecular weight is 361 g/mol. The van der Waals surface area contributed by atoms with E-state index in [9.17, 15) is 14.0 Å². The second-order valence-corrected chi connectivity index (χ2v) is 6.97. The Labute approximate surface area is 149 Å². The number of carbonyl (C=O) groups is 2. The molecule has 1 atom stereocenters. The summed E-state index contributed by atoms with van der Waals surface area (Å²) in [5.41, 5.74) is 1.68. The maximum Gasteiger partial charge on any atom is 0.322 e. The lowest BCUT2D eigenvalue weighted by Gasteiger charge is -2.35. The number of benzene rings is 1. The van der Waals surface area contributed by atoms with E-state index in [2.05, 4.69) is 16.7 Å². The van der Waals surface area contributed by atoms with Gasteiger partial charge in [-0.05, 0) is 48.1 Å². The number of rotatable bonds is 3. The van der Waals surface area contributed by atoms with E-state index < -0.39 is 5.82 Å². The maximum absolute atomic E-state index is 14.1. The Bertz CT molecular complexity index is 805. The molecule has 1 aromatic carbocycles. The number of hydrogen-bond acceptors (Lipinski definition) is 3. The van der Waals surface area contributed by atoms with Crippen molar-refractivity contribution in [3.63, 3.8) is 0 Å². The second kappa shape index (κ2) is 7.23. The Hall–Kier alpha value is -2.41. The minimum absolute atomic E-state index is 0.00316. The quantitative estimate of drug-likeness (QED) is 0.852. The third-order valence-electron chi connectivity index (χ3n) is 4.27. The van der Waals surface area contributed by atoms with Crippen LogP contribution in [0.5, 0.6) is 0 Å². The van der Waals surface area contributed by atoms with E-state index in [-0.39, 0.29) is 23.7 Å². The van der Waals surface area contributed by atoms with Crippen LogP contribution in [0.4, 0.5) is 20.6 Å². The Morgan fingerprint density at radius 2 is 2.12 bits per heavy atom. The van der Waals surface area contributed by atoms with Gasteiger partial charge in [0.25, 0.3) is 0 Å². The highest BCUT2D eigenvalue weighted by Crippen LogP contribution is 2.35. The summed E-state index contributed by atoms with van der Waals surface area (Å²) >= 11 is 1.71. The van der Waals surface area contributed by atoms with Gasteiger partial charge in [-0.15, -0.1) is 11.3 Å². The lowest BCUT2D eigenvalue weighted by atomic mass is 9.98. The molecule has 0 fully saturated rings. The van der Waals surface area contributed by atoms with E-state index in [4.69, 9.17) is 0 Å². The van der Waals surface area contributed by atoms with Crippen molar-refractivity contribution in [3.8, 4) is 0 Å². The molecule has 132 valence electrons. The highest BCUT2D eigenvalue weighted by Gasteiger charge is 2.30. The SMILES string of the molecule is CCC1c2ccsc2CCN1C(=O)Nc1cc(NC(C)=O)ccc1F. The van der Waals surface area contributed by atoms with Gasteiger partial charge >= 0.3 is 6.03 Å². The van der Waals surface area contributed by atoms with Gasteiger partial charge in [-0.2, -0.15) is 0 Å². The van der Waals surface area contributed by atoms with Crippen molar-refractivity contribution in [3.05, 3.63) is 45.9 Å². The highest BCUT2D eigenvalue weighted by molar-refractivity contribution is 7.10. The van der Waals surface area contributed by atoms with Gasteiger partial charge in [0, 0.05) is 24.0 Å². The van der Waals surface area contributed by atoms with Gasteiger partial charge < -0.3 is 15.5 Å². The number of amides is 3. The van der Waals surface area contributed by atoms with Crippen LogP contribution >= 0.6 is 11.3 Å². The first kappa shape index (κ1) is 17.4. The van der Waals surface area contributed by atoms with E-state index >= 15 is 0 Å². The molecule has 0 aliphatic carbocycles. The molecule has 2 aromatic rings. The molecule has 25 heavy (non-hydrogen) atoms. The summed E-state index contributed by atoms with van der Waals surface area (Å²) in [5, 5.41) is 7.28. The van der Waals surface area contributed by atoms with Crippen LogP contribution in [-0.4, -0.2) is 23.4 Å². The van der Waals surface area contributed by atoms with Gasteiger partial charge in [-0.3, -0.25) is 4.79 Å². The Morgan fingerprint density at radius 1 is 1.32 bits per heavy atom. The highest BCUT2D eigenvalue weighted by atomic mass is 32.1. The summed E-state index contributed by atoms with van der Waals surface area (Å²) in [5.74, 6) is -0.792. The molecule has 1 unspecified atom stereocenters. The fourth-order valence-corrected chi connectivity index (χ4v) is 4.10. The molecule has 0 saturated carbocycles. The first-order valence-corrected chi connectivity index (χ1v) is 9.08. The lowest BCUT2D eigenvalue weighted by Crippen LogP contribution is -2.42. The fraction of sp³-hybridized carbons (Fsp3) is 0.333. The summed E-state index contributed by atoms with van der Waals surface area (Å²) < 4.78 is 14.1. The predicted molar refractivity (Wildman–Crippen MR) is 97.5 cm³/mol. The molecule has 5 nitrogen and oxygen atoms in total. The van der Waals surface area contributed by atoms with Gasteiger partial charge in [0.1, 0.15) is 5.82 Å². The average Bonchev–Trinajstić information content (AvgIpc) is 3.05. The van der Waals surface area contributed by atoms with Gasteiger partial charge in [0.15, 0.2) is 0 Å². The predicted octanol–water partition coefficient (Wildman–Crippen LogP) is 4.39. The van der Waals surface area contributed by atoms with Crippen LogP contribution in [0.25, 0.3) is 0 Å². The van der Waals surface area contributed by atoms with Crippen molar-refractivity contribution in [2.45, 2.75) is 32.7 Å². The number of urea groups is 1.